The fourth-order valence-corrected chi connectivity index (χ4v) is 0.912. The SMILES string of the molecule is C=Cc1ccccc1S.O. The van der Waals surface area contributed by atoms with Crippen molar-refractivity contribution in [3.8, 4) is 0 Å². The molecular formula is C8H10OS. The van der Waals surface area contributed by atoms with E-state index >= 15 is 0 Å². The third kappa shape index (κ3) is 1.90. The van der Waals surface area contributed by atoms with E-state index in [1.54, 1.807) is 6.08 Å². The quantitative estimate of drug-likeness (QED) is 0.598. The predicted molar refractivity (Wildman–Crippen MR) is 47.4 cm³/mol. The Morgan fingerprint density at radius 2 is 1.90 bits per heavy atom. The van der Waals surface area contributed by atoms with Gasteiger partial charge >= 0.3 is 0 Å². The Morgan fingerprint density at radius 1 is 1.30 bits per heavy atom. The fourth-order valence-electron chi connectivity index (χ4n) is 0.660. The third-order valence-corrected chi connectivity index (χ3v) is 1.56. The number of hydrogen-bond acceptors (Lipinski definition) is 1. The van der Waals surface area contributed by atoms with E-state index in [9.17, 15) is 0 Å². The first-order valence-electron chi connectivity index (χ1n) is 2.75. The van der Waals surface area contributed by atoms with E-state index in [1.807, 2.05) is 24.3 Å². The van der Waals surface area contributed by atoms with Gasteiger partial charge in [-0.05, 0) is 11.6 Å². The molecule has 0 aromatic heterocycles. The normalized spacial score (nSPS) is 8.10. The molecule has 2 N–H and O–H groups in total. The molecule has 0 aliphatic heterocycles. The van der Waals surface area contributed by atoms with Crippen molar-refractivity contribution in [1.82, 2.24) is 0 Å². The Kier molecular flexibility index (Phi) is 3.84. The molecule has 54 valence electrons. The molecule has 0 aliphatic rings. The lowest BCUT2D eigenvalue weighted by Gasteiger charge is -1.94. The zero-order chi connectivity index (χ0) is 6.69. The number of rotatable bonds is 1. The van der Waals surface area contributed by atoms with Crippen LogP contribution in [0.2, 0.25) is 0 Å². The minimum atomic E-state index is 0. The molecule has 1 nitrogen and oxygen atoms in total. The highest BCUT2D eigenvalue weighted by Gasteiger charge is 1.87. The van der Waals surface area contributed by atoms with E-state index < -0.39 is 0 Å². The van der Waals surface area contributed by atoms with Gasteiger partial charge < -0.3 is 5.48 Å². The summed E-state index contributed by atoms with van der Waals surface area (Å²) < 4.78 is 0. The van der Waals surface area contributed by atoms with Crippen molar-refractivity contribution in [2.75, 3.05) is 0 Å². The van der Waals surface area contributed by atoms with E-state index in [-0.39, 0.29) is 5.48 Å². The van der Waals surface area contributed by atoms with Crippen LogP contribution in [0.25, 0.3) is 6.08 Å². The summed E-state index contributed by atoms with van der Waals surface area (Å²) in [5, 5.41) is 0. The maximum atomic E-state index is 4.21. The van der Waals surface area contributed by atoms with E-state index in [0.717, 1.165) is 10.5 Å². The van der Waals surface area contributed by atoms with E-state index in [0.29, 0.717) is 0 Å². The number of hydrogen-bond donors (Lipinski definition) is 1. The van der Waals surface area contributed by atoms with Crippen molar-refractivity contribution >= 4 is 18.7 Å². The molecule has 0 fully saturated rings. The van der Waals surface area contributed by atoms with Gasteiger partial charge in [0.15, 0.2) is 0 Å². The fraction of sp³-hybridized carbons (Fsp3) is 0. The largest absolute Gasteiger partial charge is 0.412 e. The van der Waals surface area contributed by atoms with Crippen LogP contribution in [-0.4, -0.2) is 5.48 Å². The van der Waals surface area contributed by atoms with Gasteiger partial charge in [0, 0.05) is 4.90 Å². The molecule has 0 radical (unpaired) electrons. The summed E-state index contributed by atoms with van der Waals surface area (Å²) >= 11 is 4.21. The van der Waals surface area contributed by atoms with Crippen LogP contribution in [0.15, 0.2) is 35.7 Å². The van der Waals surface area contributed by atoms with Gasteiger partial charge in [-0.15, -0.1) is 12.6 Å². The molecule has 0 saturated heterocycles. The summed E-state index contributed by atoms with van der Waals surface area (Å²) in [6, 6.07) is 7.85. The van der Waals surface area contributed by atoms with Gasteiger partial charge in [0.1, 0.15) is 0 Å². The molecule has 1 aromatic rings. The summed E-state index contributed by atoms with van der Waals surface area (Å²) in [6.45, 7) is 3.64. The minimum absolute atomic E-state index is 0. The molecule has 0 heterocycles. The summed E-state index contributed by atoms with van der Waals surface area (Å²) in [5.74, 6) is 0. The van der Waals surface area contributed by atoms with Gasteiger partial charge in [-0.2, -0.15) is 0 Å². The predicted octanol–water partition coefficient (Wildman–Crippen LogP) is 1.79. The maximum Gasteiger partial charge on any atom is 0.0112 e. The molecule has 0 unspecified atom stereocenters. The molecule has 0 amide bonds. The van der Waals surface area contributed by atoms with Crippen LogP contribution < -0.4 is 0 Å². The van der Waals surface area contributed by atoms with Gasteiger partial charge in [-0.1, -0.05) is 30.9 Å². The van der Waals surface area contributed by atoms with Gasteiger partial charge in [-0.25, -0.2) is 0 Å². The topological polar surface area (TPSA) is 31.5 Å². The summed E-state index contributed by atoms with van der Waals surface area (Å²) in [4.78, 5) is 0.979. The van der Waals surface area contributed by atoms with Crippen molar-refractivity contribution < 1.29 is 5.48 Å². The molecular weight excluding hydrogens is 144 g/mol. The van der Waals surface area contributed by atoms with E-state index in [4.69, 9.17) is 0 Å². The molecule has 2 heteroatoms. The Balaban J connectivity index is 0.000000810. The van der Waals surface area contributed by atoms with Gasteiger partial charge in [0.05, 0.1) is 0 Å². The Morgan fingerprint density at radius 3 is 2.30 bits per heavy atom. The molecule has 1 rings (SSSR count). The first-order chi connectivity index (χ1) is 4.34. The third-order valence-electron chi connectivity index (χ3n) is 1.16. The van der Waals surface area contributed by atoms with Crippen LogP contribution in [0.1, 0.15) is 5.56 Å². The highest BCUT2D eigenvalue weighted by molar-refractivity contribution is 7.80. The van der Waals surface area contributed by atoms with Crippen molar-refractivity contribution in [2.24, 2.45) is 0 Å². The van der Waals surface area contributed by atoms with Crippen molar-refractivity contribution in [1.29, 1.82) is 0 Å². The first kappa shape index (κ1) is 9.27. The average Bonchev–Trinajstić information content (AvgIpc) is 1.89. The van der Waals surface area contributed by atoms with E-state index in [1.165, 1.54) is 0 Å². The molecule has 0 atom stereocenters. The molecule has 1 aromatic carbocycles. The zero-order valence-electron chi connectivity index (χ0n) is 5.54. The van der Waals surface area contributed by atoms with Crippen molar-refractivity contribution in [3.05, 3.63) is 36.4 Å². The minimum Gasteiger partial charge on any atom is -0.412 e. The second-order valence-corrected chi connectivity index (χ2v) is 2.24. The monoisotopic (exact) mass is 154 g/mol. The smallest absolute Gasteiger partial charge is 0.0112 e. The Bertz CT molecular complexity index is 220. The summed E-state index contributed by atoms with van der Waals surface area (Å²) in [7, 11) is 0. The molecule has 0 saturated carbocycles. The lowest BCUT2D eigenvalue weighted by Crippen LogP contribution is -1.71. The second-order valence-electron chi connectivity index (χ2n) is 1.76. The second kappa shape index (κ2) is 4.14. The number of benzene rings is 1. The van der Waals surface area contributed by atoms with Gasteiger partial charge in [-0.3, -0.25) is 0 Å². The standard InChI is InChI=1S/C8H8S.H2O/c1-2-7-5-3-4-6-8(7)9;/h2-6,9H,1H2;1H2. The van der Waals surface area contributed by atoms with Gasteiger partial charge in [0.2, 0.25) is 0 Å². The van der Waals surface area contributed by atoms with Crippen LogP contribution in [0.3, 0.4) is 0 Å². The molecule has 0 bridgehead atoms. The van der Waals surface area contributed by atoms with Crippen LogP contribution in [-0.2, 0) is 0 Å². The summed E-state index contributed by atoms with van der Waals surface area (Å²) in [6.07, 6.45) is 1.79. The van der Waals surface area contributed by atoms with E-state index in [2.05, 4.69) is 19.2 Å². The first-order valence-corrected chi connectivity index (χ1v) is 3.20. The lowest BCUT2D eigenvalue weighted by atomic mass is 10.2. The molecule has 10 heavy (non-hydrogen) atoms. The highest BCUT2D eigenvalue weighted by atomic mass is 32.1. The Hall–Kier alpha value is -0.730. The van der Waals surface area contributed by atoms with Crippen molar-refractivity contribution in [2.45, 2.75) is 4.90 Å². The molecule has 0 spiro atoms. The summed E-state index contributed by atoms with van der Waals surface area (Å²) in [5.41, 5.74) is 1.08. The highest BCUT2D eigenvalue weighted by Crippen LogP contribution is 2.12. The zero-order valence-corrected chi connectivity index (χ0v) is 6.44. The number of thiol groups is 1. The van der Waals surface area contributed by atoms with Gasteiger partial charge in [0.25, 0.3) is 0 Å². The maximum absolute atomic E-state index is 4.21. The van der Waals surface area contributed by atoms with Crippen LogP contribution in [0.5, 0.6) is 0 Å². The lowest BCUT2D eigenvalue weighted by molar-refractivity contribution is 0.824. The van der Waals surface area contributed by atoms with Crippen LogP contribution in [0.4, 0.5) is 0 Å². The van der Waals surface area contributed by atoms with Crippen molar-refractivity contribution in [3.63, 3.8) is 0 Å². The average molecular weight is 154 g/mol. The van der Waals surface area contributed by atoms with Crippen LogP contribution in [0, 0.1) is 0 Å². The Labute approximate surface area is 66.1 Å². The van der Waals surface area contributed by atoms with Crippen LogP contribution >= 0.6 is 12.6 Å². The molecule has 0 aliphatic carbocycles.